The van der Waals surface area contributed by atoms with E-state index in [0.29, 0.717) is 23.5 Å². The van der Waals surface area contributed by atoms with E-state index in [-0.39, 0.29) is 36.2 Å². The first-order valence-electron chi connectivity index (χ1n) is 12.9. The zero-order chi connectivity index (χ0) is 24.5. The molecule has 1 saturated heterocycles. The third-order valence-electron chi connectivity index (χ3n) is 9.29. The highest BCUT2D eigenvalue weighted by Gasteiger charge is 2.66. The van der Waals surface area contributed by atoms with Gasteiger partial charge in [0.25, 0.3) is 0 Å². The second-order valence-electron chi connectivity index (χ2n) is 11.1. The third kappa shape index (κ3) is 3.49. The number of benzene rings is 1. The summed E-state index contributed by atoms with van der Waals surface area (Å²) in [6, 6.07) is 0.808. The van der Waals surface area contributed by atoms with E-state index in [1.165, 1.54) is 12.8 Å². The minimum Gasteiger partial charge on any atom is -0.504 e. The number of hydrogen-bond donors (Lipinski definition) is 4. The normalized spacial score (nSPS) is 33.5. The van der Waals surface area contributed by atoms with Gasteiger partial charge in [-0.2, -0.15) is 0 Å². The quantitative estimate of drug-likeness (QED) is 0.415. The summed E-state index contributed by atoms with van der Waals surface area (Å²) in [5, 5.41) is 33.1. The highest BCUT2D eigenvalue weighted by molar-refractivity contribution is 5.75. The van der Waals surface area contributed by atoms with Crippen molar-refractivity contribution in [2.45, 2.75) is 81.0 Å². The van der Waals surface area contributed by atoms with Crippen LogP contribution in [0.2, 0.25) is 0 Å². The maximum atomic E-state index is 12.0. The Bertz CT molecular complexity index is 1060. The Hall–Kier alpha value is -2.52. The molecule has 190 valence electrons. The van der Waals surface area contributed by atoms with Gasteiger partial charge < -0.3 is 24.8 Å². The molecule has 0 radical (unpaired) electrons. The molecule has 9 nitrogen and oxygen atoms in total. The monoisotopic (exact) mass is 486 g/mol. The number of methoxy groups -OCH3 is 1. The lowest BCUT2D eigenvalue weighted by molar-refractivity contribution is -0.141. The number of phenols is 1. The summed E-state index contributed by atoms with van der Waals surface area (Å²) >= 11 is 0. The molecule has 2 saturated carbocycles. The third-order valence-corrected chi connectivity index (χ3v) is 9.29. The van der Waals surface area contributed by atoms with Gasteiger partial charge in [0.15, 0.2) is 11.5 Å². The van der Waals surface area contributed by atoms with Crippen LogP contribution >= 0.6 is 0 Å². The number of ether oxygens (including phenoxy) is 2. The molecular formula is C26H34N2O7. The molecule has 5 aliphatic rings. The SMILES string of the molecule is COc1cc(O)c2c3c1C[C@@H]1[C@@H]4CC[C@@H](N[C@@H](CCC(=O)O)C(=O)O)[C@H](O2)[C@]34CCN1CC1CC1. The molecule has 4 N–H and O–H groups in total. The summed E-state index contributed by atoms with van der Waals surface area (Å²) in [6.07, 6.45) is 5.55. The number of piperidine rings is 1. The molecule has 35 heavy (non-hydrogen) atoms. The molecular weight excluding hydrogens is 452 g/mol. The molecule has 0 amide bonds. The Labute approximate surface area is 204 Å². The fourth-order valence-electron chi connectivity index (χ4n) is 7.69. The summed E-state index contributed by atoms with van der Waals surface area (Å²) in [5.41, 5.74) is 1.87. The lowest BCUT2D eigenvalue weighted by Gasteiger charge is -2.60. The molecule has 1 aromatic carbocycles. The maximum absolute atomic E-state index is 12.0. The zero-order valence-electron chi connectivity index (χ0n) is 20.0. The Kier molecular flexibility index (Phi) is 5.41. The van der Waals surface area contributed by atoms with E-state index < -0.39 is 18.0 Å². The van der Waals surface area contributed by atoms with Crippen molar-refractivity contribution in [3.05, 3.63) is 17.2 Å². The van der Waals surface area contributed by atoms with Gasteiger partial charge in [-0.05, 0) is 63.3 Å². The Morgan fingerprint density at radius 3 is 2.77 bits per heavy atom. The highest BCUT2D eigenvalue weighted by Crippen LogP contribution is 2.65. The number of hydrogen-bond acceptors (Lipinski definition) is 7. The van der Waals surface area contributed by atoms with E-state index in [1.807, 2.05) is 0 Å². The smallest absolute Gasteiger partial charge is 0.320 e. The van der Waals surface area contributed by atoms with Gasteiger partial charge in [-0.1, -0.05) is 0 Å². The van der Waals surface area contributed by atoms with Crippen LogP contribution < -0.4 is 14.8 Å². The molecule has 2 aliphatic heterocycles. The predicted molar refractivity (Wildman–Crippen MR) is 125 cm³/mol. The Balaban J connectivity index is 1.39. The van der Waals surface area contributed by atoms with Gasteiger partial charge in [-0.25, -0.2) is 0 Å². The molecule has 3 fully saturated rings. The minimum absolute atomic E-state index is 0.0133. The van der Waals surface area contributed by atoms with Crippen molar-refractivity contribution in [3.8, 4) is 17.2 Å². The first-order valence-corrected chi connectivity index (χ1v) is 12.9. The number of nitrogens with one attached hydrogen (secondary N) is 1. The van der Waals surface area contributed by atoms with Crippen LogP contribution in [0.25, 0.3) is 0 Å². The molecule has 0 aromatic heterocycles. The molecule has 1 aromatic rings. The lowest BCUT2D eigenvalue weighted by Crippen LogP contribution is -2.69. The van der Waals surface area contributed by atoms with Gasteiger partial charge in [-0.3, -0.25) is 19.8 Å². The van der Waals surface area contributed by atoms with E-state index >= 15 is 0 Å². The topological polar surface area (TPSA) is 129 Å². The summed E-state index contributed by atoms with van der Waals surface area (Å²) in [6.45, 7) is 2.09. The van der Waals surface area contributed by atoms with Crippen LogP contribution in [0.15, 0.2) is 6.07 Å². The standard InChI is InChI=1S/C26H34N2O7/c1-34-20-11-19(29)23-22-14(20)10-18-15-4-5-16(27-17(25(32)33)6-7-21(30)31)24(35-23)26(15,22)8-9-28(18)12-13-2-3-13/h11,13,15-18,24,27,29H,2-10,12H2,1H3,(H,30,31)(H,32,33)/t15-,16+,17-,18+,24-,26-/m0/s1. The molecule has 2 heterocycles. The highest BCUT2D eigenvalue weighted by atomic mass is 16.5. The number of carboxylic acids is 2. The van der Waals surface area contributed by atoms with Gasteiger partial charge in [0, 0.05) is 47.7 Å². The number of likely N-dealkylation sites (tertiary alicyclic amines) is 1. The summed E-state index contributed by atoms with van der Waals surface area (Å²) in [5.74, 6) is 0.388. The van der Waals surface area contributed by atoms with E-state index in [0.717, 1.165) is 55.8 Å². The Morgan fingerprint density at radius 1 is 1.29 bits per heavy atom. The average molecular weight is 487 g/mol. The molecule has 3 aliphatic carbocycles. The molecule has 1 spiro atoms. The summed E-state index contributed by atoms with van der Waals surface area (Å²) in [4.78, 5) is 25.7. The predicted octanol–water partition coefficient (Wildman–Crippen LogP) is 2.13. The van der Waals surface area contributed by atoms with Gasteiger partial charge >= 0.3 is 11.9 Å². The molecule has 2 bridgehead atoms. The average Bonchev–Trinajstić information content (AvgIpc) is 3.57. The van der Waals surface area contributed by atoms with E-state index in [4.69, 9.17) is 14.6 Å². The number of aromatic hydroxyl groups is 1. The van der Waals surface area contributed by atoms with Crippen LogP contribution in [0, 0.1) is 11.8 Å². The van der Waals surface area contributed by atoms with E-state index in [1.54, 1.807) is 13.2 Å². The van der Waals surface area contributed by atoms with Crippen LogP contribution in [0.4, 0.5) is 0 Å². The van der Waals surface area contributed by atoms with Gasteiger partial charge in [0.2, 0.25) is 0 Å². The molecule has 0 unspecified atom stereocenters. The van der Waals surface area contributed by atoms with Crippen molar-refractivity contribution in [2.75, 3.05) is 20.2 Å². The van der Waals surface area contributed by atoms with Crippen LogP contribution in [0.5, 0.6) is 17.2 Å². The van der Waals surface area contributed by atoms with Crippen molar-refractivity contribution in [1.82, 2.24) is 10.2 Å². The second-order valence-corrected chi connectivity index (χ2v) is 11.1. The van der Waals surface area contributed by atoms with Crippen LogP contribution in [-0.2, 0) is 21.4 Å². The minimum atomic E-state index is -1.05. The second kappa shape index (κ2) is 8.27. The van der Waals surface area contributed by atoms with Crippen LogP contribution in [-0.4, -0.2) is 76.6 Å². The van der Waals surface area contributed by atoms with E-state index in [9.17, 15) is 19.8 Å². The van der Waals surface area contributed by atoms with Crippen molar-refractivity contribution in [1.29, 1.82) is 0 Å². The van der Waals surface area contributed by atoms with Crippen LogP contribution in [0.1, 0.15) is 56.1 Å². The maximum Gasteiger partial charge on any atom is 0.320 e. The van der Waals surface area contributed by atoms with E-state index in [2.05, 4.69) is 10.2 Å². The van der Waals surface area contributed by atoms with Crippen molar-refractivity contribution in [2.24, 2.45) is 11.8 Å². The number of carbonyl (C=O) groups is 2. The molecule has 9 heteroatoms. The van der Waals surface area contributed by atoms with Gasteiger partial charge in [-0.15, -0.1) is 0 Å². The Morgan fingerprint density at radius 2 is 2.09 bits per heavy atom. The molecule has 6 atom stereocenters. The first-order chi connectivity index (χ1) is 16.8. The van der Waals surface area contributed by atoms with Crippen molar-refractivity contribution in [3.63, 3.8) is 0 Å². The fraction of sp³-hybridized carbons (Fsp3) is 0.692. The largest absolute Gasteiger partial charge is 0.504 e. The number of carboxylic acid groups (broad SMARTS) is 2. The molecule has 6 rings (SSSR count). The summed E-state index contributed by atoms with van der Waals surface area (Å²) in [7, 11) is 1.64. The first kappa shape index (κ1) is 22.9. The zero-order valence-corrected chi connectivity index (χ0v) is 20.0. The number of rotatable bonds is 9. The number of nitrogens with zero attached hydrogens (tertiary/aromatic N) is 1. The fourth-order valence-corrected chi connectivity index (χ4v) is 7.69. The van der Waals surface area contributed by atoms with Gasteiger partial charge in [0.1, 0.15) is 17.9 Å². The van der Waals surface area contributed by atoms with Crippen molar-refractivity contribution < 1.29 is 34.4 Å². The lowest BCUT2D eigenvalue weighted by atomic mass is 9.51. The summed E-state index contributed by atoms with van der Waals surface area (Å²) < 4.78 is 12.3. The van der Waals surface area contributed by atoms with Gasteiger partial charge in [0.05, 0.1) is 7.11 Å². The number of phenolic OH excluding ortho intramolecular Hbond substituents is 1. The number of aliphatic carboxylic acids is 2. The van der Waals surface area contributed by atoms with Crippen molar-refractivity contribution >= 4 is 11.9 Å². The van der Waals surface area contributed by atoms with Crippen LogP contribution in [0.3, 0.4) is 0 Å².